The Morgan fingerprint density at radius 3 is 2.52 bits per heavy atom. The molecule has 0 spiro atoms. The highest BCUT2D eigenvalue weighted by atomic mass is 16.5. The zero-order chi connectivity index (χ0) is 17.2. The van der Waals surface area contributed by atoms with Crippen LogP contribution in [0, 0.1) is 0 Å². The first-order chi connectivity index (χ1) is 12.2. The Balaban J connectivity index is 2.03. The fourth-order valence-corrected chi connectivity index (χ4v) is 2.64. The third-order valence-corrected chi connectivity index (χ3v) is 3.82. The largest absolute Gasteiger partial charge is 0.481 e. The van der Waals surface area contributed by atoms with Crippen LogP contribution in [0.3, 0.4) is 0 Å². The predicted molar refractivity (Wildman–Crippen MR) is 95.4 cm³/mol. The quantitative estimate of drug-likeness (QED) is 0.624. The van der Waals surface area contributed by atoms with Crippen LogP contribution in [0.25, 0.3) is 33.7 Å². The molecule has 3 aromatic heterocycles. The molecule has 4 rings (SSSR count). The Morgan fingerprint density at radius 1 is 0.920 bits per heavy atom. The van der Waals surface area contributed by atoms with E-state index in [9.17, 15) is 4.79 Å². The van der Waals surface area contributed by atoms with E-state index in [1.165, 1.54) is 6.07 Å². The van der Waals surface area contributed by atoms with E-state index < -0.39 is 0 Å². The highest BCUT2D eigenvalue weighted by Gasteiger charge is 2.14. The number of rotatable bonds is 3. The number of fused-ring (bicyclic) bond motifs is 1. The third-order valence-electron chi connectivity index (χ3n) is 3.82. The van der Waals surface area contributed by atoms with Crippen molar-refractivity contribution in [1.29, 1.82) is 0 Å². The molecule has 4 aromatic rings. The molecule has 0 radical (unpaired) electrons. The Kier molecular flexibility index (Phi) is 3.70. The summed E-state index contributed by atoms with van der Waals surface area (Å²) in [5, 5.41) is 0. The molecule has 1 N–H and O–H groups in total. The molecule has 1 aromatic carbocycles. The summed E-state index contributed by atoms with van der Waals surface area (Å²) in [6.45, 7) is 0. The van der Waals surface area contributed by atoms with Crippen LogP contribution in [0.1, 0.15) is 0 Å². The number of H-pyrrole nitrogens is 1. The minimum atomic E-state index is -0.209. The lowest BCUT2D eigenvalue weighted by Crippen LogP contribution is -2.06. The SMILES string of the molecule is COc1cc(-c2nc3ccc(=O)[nH]c3nc2-c2ccccc2)ccn1. The molecule has 0 bridgehead atoms. The van der Waals surface area contributed by atoms with Crippen LogP contribution in [-0.4, -0.2) is 27.0 Å². The number of methoxy groups -OCH3 is 1. The molecule has 0 aliphatic rings. The molecular formula is C19H14N4O2. The lowest BCUT2D eigenvalue weighted by atomic mass is 10.0. The van der Waals surface area contributed by atoms with Crippen LogP contribution >= 0.6 is 0 Å². The summed E-state index contributed by atoms with van der Waals surface area (Å²) in [6.07, 6.45) is 1.67. The molecule has 0 saturated carbocycles. The summed E-state index contributed by atoms with van der Waals surface area (Å²) in [4.78, 5) is 27.9. The maximum absolute atomic E-state index is 11.6. The van der Waals surface area contributed by atoms with Gasteiger partial charge in [-0.15, -0.1) is 0 Å². The molecule has 0 atom stereocenters. The molecule has 0 fully saturated rings. The number of pyridine rings is 2. The Hall–Kier alpha value is -3.54. The van der Waals surface area contributed by atoms with Gasteiger partial charge in [-0.2, -0.15) is 0 Å². The number of aromatic nitrogens is 4. The fourth-order valence-electron chi connectivity index (χ4n) is 2.64. The third kappa shape index (κ3) is 2.85. The van der Waals surface area contributed by atoms with Crippen molar-refractivity contribution in [3.05, 3.63) is 71.1 Å². The summed E-state index contributed by atoms with van der Waals surface area (Å²) in [6, 6.07) is 16.5. The molecule has 122 valence electrons. The summed E-state index contributed by atoms with van der Waals surface area (Å²) >= 11 is 0. The molecule has 0 aliphatic heterocycles. The van der Waals surface area contributed by atoms with Gasteiger partial charge in [0, 0.05) is 29.5 Å². The number of nitrogens with zero attached hydrogens (tertiary/aromatic N) is 3. The first-order valence-corrected chi connectivity index (χ1v) is 7.71. The first-order valence-electron chi connectivity index (χ1n) is 7.71. The highest BCUT2D eigenvalue weighted by Crippen LogP contribution is 2.31. The highest BCUT2D eigenvalue weighted by molar-refractivity contribution is 5.84. The van der Waals surface area contributed by atoms with Crippen molar-refractivity contribution in [2.75, 3.05) is 7.11 Å². The average molecular weight is 330 g/mol. The van der Waals surface area contributed by atoms with Gasteiger partial charge < -0.3 is 9.72 Å². The summed E-state index contributed by atoms with van der Waals surface area (Å²) < 4.78 is 5.22. The summed E-state index contributed by atoms with van der Waals surface area (Å²) in [5.41, 5.74) is 3.99. The first kappa shape index (κ1) is 15.0. The van der Waals surface area contributed by atoms with Crippen LogP contribution in [0.5, 0.6) is 5.88 Å². The molecule has 0 aliphatic carbocycles. The molecule has 0 saturated heterocycles. The number of ether oxygens (including phenoxy) is 1. The van der Waals surface area contributed by atoms with Crippen LogP contribution < -0.4 is 10.3 Å². The lowest BCUT2D eigenvalue weighted by molar-refractivity contribution is 0.398. The van der Waals surface area contributed by atoms with Gasteiger partial charge >= 0.3 is 0 Å². The minimum Gasteiger partial charge on any atom is -0.481 e. The fraction of sp³-hybridized carbons (Fsp3) is 0.0526. The van der Waals surface area contributed by atoms with Gasteiger partial charge in [-0.05, 0) is 12.1 Å². The number of hydrogen-bond acceptors (Lipinski definition) is 5. The minimum absolute atomic E-state index is 0.209. The predicted octanol–water partition coefficient (Wildman–Crippen LogP) is 3.06. The van der Waals surface area contributed by atoms with Gasteiger partial charge in [-0.1, -0.05) is 30.3 Å². The van der Waals surface area contributed by atoms with Gasteiger partial charge in [0.2, 0.25) is 11.4 Å². The molecule has 6 nitrogen and oxygen atoms in total. The van der Waals surface area contributed by atoms with Crippen molar-refractivity contribution in [3.63, 3.8) is 0 Å². The molecule has 25 heavy (non-hydrogen) atoms. The van der Waals surface area contributed by atoms with Gasteiger partial charge in [0.25, 0.3) is 0 Å². The Bertz CT molecular complexity index is 1110. The van der Waals surface area contributed by atoms with Crippen LogP contribution in [-0.2, 0) is 0 Å². The van der Waals surface area contributed by atoms with Gasteiger partial charge in [0.05, 0.1) is 18.5 Å². The smallest absolute Gasteiger partial charge is 0.249 e. The van der Waals surface area contributed by atoms with Gasteiger partial charge in [0.1, 0.15) is 5.52 Å². The summed E-state index contributed by atoms with van der Waals surface area (Å²) in [5.74, 6) is 0.500. The van der Waals surface area contributed by atoms with Crippen LogP contribution in [0.4, 0.5) is 0 Å². The second kappa shape index (κ2) is 6.16. The molecule has 6 heteroatoms. The maximum atomic E-state index is 11.6. The number of nitrogens with one attached hydrogen (secondary N) is 1. The van der Waals surface area contributed by atoms with E-state index in [4.69, 9.17) is 9.72 Å². The summed E-state index contributed by atoms with van der Waals surface area (Å²) in [7, 11) is 1.57. The van der Waals surface area contributed by atoms with E-state index in [0.29, 0.717) is 28.4 Å². The number of aromatic amines is 1. The van der Waals surface area contributed by atoms with Crippen LogP contribution in [0.2, 0.25) is 0 Å². The van der Waals surface area contributed by atoms with Crippen molar-refractivity contribution in [1.82, 2.24) is 19.9 Å². The monoisotopic (exact) mass is 330 g/mol. The second-order valence-corrected chi connectivity index (χ2v) is 5.43. The van der Waals surface area contributed by atoms with Gasteiger partial charge in [-0.3, -0.25) is 4.79 Å². The van der Waals surface area contributed by atoms with Crippen molar-refractivity contribution >= 4 is 11.2 Å². The van der Waals surface area contributed by atoms with E-state index >= 15 is 0 Å². The zero-order valence-electron chi connectivity index (χ0n) is 13.4. The normalized spacial score (nSPS) is 10.8. The van der Waals surface area contributed by atoms with E-state index in [1.54, 1.807) is 19.4 Å². The van der Waals surface area contributed by atoms with E-state index in [2.05, 4.69) is 15.0 Å². The standard InChI is InChI=1S/C19H14N4O2/c1-25-16-11-13(9-10-20-16)18-17(12-5-3-2-4-6-12)23-19-14(21-18)7-8-15(24)22-19/h2-11H,1H3,(H,22,23,24). The topological polar surface area (TPSA) is 80.8 Å². The Morgan fingerprint density at radius 2 is 1.72 bits per heavy atom. The maximum Gasteiger partial charge on any atom is 0.249 e. The number of benzene rings is 1. The van der Waals surface area contributed by atoms with E-state index in [-0.39, 0.29) is 5.56 Å². The van der Waals surface area contributed by atoms with Gasteiger partial charge in [0.15, 0.2) is 5.65 Å². The molecule has 0 unspecified atom stereocenters. The molecule has 3 heterocycles. The van der Waals surface area contributed by atoms with E-state index in [0.717, 1.165) is 11.1 Å². The lowest BCUT2D eigenvalue weighted by Gasteiger charge is -2.10. The van der Waals surface area contributed by atoms with Crippen molar-refractivity contribution in [3.8, 4) is 28.4 Å². The van der Waals surface area contributed by atoms with Crippen molar-refractivity contribution in [2.45, 2.75) is 0 Å². The average Bonchev–Trinajstić information content (AvgIpc) is 2.67. The molecular weight excluding hydrogens is 316 g/mol. The van der Waals surface area contributed by atoms with Crippen molar-refractivity contribution in [2.24, 2.45) is 0 Å². The van der Waals surface area contributed by atoms with Crippen LogP contribution in [0.15, 0.2) is 65.6 Å². The second-order valence-electron chi connectivity index (χ2n) is 5.43. The zero-order valence-corrected chi connectivity index (χ0v) is 13.4. The Labute approximate surface area is 143 Å². The van der Waals surface area contributed by atoms with Crippen molar-refractivity contribution < 1.29 is 4.74 Å². The molecule has 0 amide bonds. The van der Waals surface area contributed by atoms with E-state index in [1.807, 2.05) is 42.5 Å². The van der Waals surface area contributed by atoms with Gasteiger partial charge in [-0.25, -0.2) is 15.0 Å². The number of hydrogen-bond donors (Lipinski definition) is 1.